The normalized spacial score (nSPS) is 24.9. The van der Waals surface area contributed by atoms with Gasteiger partial charge in [0.15, 0.2) is 0 Å². The zero-order valence-electron chi connectivity index (χ0n) is 16.3. The minimum atomic E-state index is -0.512. The summed E-state index contributed by atoms with van der Waals surface area (Å²) in [6, 6.07) is 8.03. The van der Waals surface area contributed by atoms with Crippen molar-refractivity contribution in [2.45, 2.75) is 63.3 Å². The lowest BCUT2D eigenvalue weighted by Gasteiger charge is -2.35. The molecule has 26 heavy (non-hydrogen) atoms. The minimum Gasteiger partial charge on any atom is -0.345 e. The maximum Gasteiger partial charge on any atom is 0.238 e. The highest BCUT2D eigenvalue weighted by Gasteiger charge is 2.47. The summed E-state index contributed by atoms with van der Waals surface area (Å²) >= 11 is 0. The number of nitrogens with zero attached hydrogens (tertiary/aromatic N) is 1. The van der Waals surface area contributed by atoms with Crippen LogP contribution in [0.3, 0.4) is 0 Å². The van der Waals surface area contributed by atoms with Gasteiger partial charge in [-0.05, 0) is 43.5 Å². The molecule has 3 N–H and O–H groups in total. The lowest BCUT2D eigenvalue weighted by Crippen LogP contribution is -2.65. The molecule has 1 aromatic rings. The Kier molecular flexibility index (Phi) is 4.84. The third kappa shape index (κ3) is 3.91. The lowest BCUT2D eigenvalue weighted by atomic mass is 9.86. The van der Waals surface area contributed by atoms with Gasteiger partial charge < -0.3 is 10.6 Å². The second kappa shape index (κ2) is 6.67. The number of hydrogen-bond acceptors (Lipinski definition) is 4. The van der Waals surface area contributed by atoms with Gasteiger partial charge in [-0.25, -0.2) is 0 Å². The molecule has 1 aromatic carbocycles. The van der Waals surface area contributed by atoms with Gasteiger partial charge in [0, 0.05) is 0 Å². The number of carbonyl (C=O) groups excluding carboxylic acids is 2. The Labute approximate surface area is 155 Å². The lowest BCUT2D eigenvalue weighted by molar-refractivity contribution is -0.134. The van der Waals surface area contributed by atoms with E-state index < -0.39 is 6.04 Å². The Morgan fingerprint density at radius 1 is 1.19 bits per heavy atom. The largest absolute Gasteiger partial charge is 0.345 e. The van der Waals surface area contributed by atoms with E-state index in [9.17, 15) is 9.59 Å². The van der Waals surface area contributed by atoms with E-state index in [2.05, 4.69) is 61.0 Å². The van der Waals surface area contributed by atoms with E-state index in [-0.39, 0.29) is 35.5 Å². The van der Waals surface area contributed by atoms with Crippen LogP contribution in [-0.4, -0.2) is 43.1 Å². The zero-order valence-corrected chi connectivity index (χ0v) is 16.3. The van der Waals surface area contributed by atoms with Gasteiger partial charge >= 0.3 is 0 Å². The molecule has 6 heteroatoms. The fraction of sp³-hybridized carbons (Fsp3) is 0.600. The average Bonchev–Trinajstić information content (AvgIpc) is 3.34. The molecule has 2 atom stereocenters. The van der Waals surface area contributed by atoms with Crippen LogP contribution in [0.4, 0.5) is 0 Å². The predicted octanol–water partition coefficient (Wildman–Crippen LogP) is 1.41. The van der Waals surface area contributed by atoms with E-state index in [0.29, 0.717) is 0 Å². The highest BCUT2D eigenvalue weighted by atomic mass is 16.2. The number of amides is 2. The predicted molar refractivity (Wildman–Crippen MR) is 101 cm³/mol. The van der Waals surface area contributed by atoms with E-state index in [0.717, 1.165) is 18.4 Å². The van der Waals surface area contributed by atoms with E-state index in [1.165, 1.54) is 5.56 Å². The Balaban J connectivity index is 1.69. The van der Waals surface area contributed by atoms with Crippen molar-refractivity contribution < 1.29 is 9.59 Å². The molecule has 1 aliphatic carbocycles. The molecule has 0 aromatic heterocycles. The van der Waals surface area contributed by atoms with Crippen molar-refractivity contribution in [3.8, 4) is 0 Å². The maximum atomic E-state index is 12.8. The summed E-state index contributed by atoms with van der Waals surface area (Å²) in [4.78, 5) is 26.6. The van der Waals surface area contributed by atoms with Crippen LogP contribution in [0.1, 0.15) is 51.2 Å². The number of benzene rings is 1. The van der Waals surface area contributed by atoms with Crippen LogP contribution in [-0.2, 0) is 20.5 Å². The number of rotatable bonds is 4. The number of carbonyl (C=O) groups is 2. The Bertz CT molecular complexity index is 687. The first-order valence-corrected chi connectivity index (χ1v) is 9.26. The summed E-state index contributed by atoms with van der Waals surface area (Å²) in [5.41, 5.74) is 2.25. The Morgan fingerprint density at radius 3 is 2.31 bits per heavy atom. The first-order valence-electron chi connectivity index (χ1n) is 9.26. The second-order valence-electron chi connectivity index (χ2n) is 8.76. The van der Waals surface area contributed by atoms with Gasteiger partial charge in [-0.3, -0.25) is 19.8 Å². The first-order chi connectivity index (χ1) is 12.1. The van der Waals surface area contributed by atoms with Gasteiger partial charge in [-0.1, -0.05) is 45.0 Å². The van der Waals surface area contributed by atoms with Gasteiger partial charge in [0.25, 0.3) is 0 Å². The molecule has 2 amide bonds. The summed E-state index contributed by atoms with van der Waals surface area (Å²) in [5.74, 6) is -0.217. The molecule has 0 bridgehead atoms. The van der Waals surface area contributed by atoms with E-state index in [1.54, 1.807) is 0 Å². The van der Waals surface area contributed by atoms with E-state index in [4.69, 9.17) is 0 Å². The van der Waals surface area contributed by atoms with Gasteiger partial charge in [-0.2, -0.15) is 0 Å². The van der Waals surface area contributed by atoms with Crippen molar-refractivity contribution in [2.75, 3.05) is 14.1 Å². The van der Waals surface area contributed by atoms with Gasteiger partial charge in [0.1, 0.15) is 6.29 Å². The third-order valence-corrected chi connectivity index (χ3v) is 5.30. The van der Waals surface area contributed by atoms with Crippen LogP contribution in [0.15, 0.2) is 24.3 Å². The molecule has 142 valence electrons. The maximum absolute atomic E-state index is 12.8. The van der Waals surface area contributed by atoms with Gasteiger partial charge in [0.2, 0.25) is 11.8 Å². The Hall–Kier alpha value is -1.92. The van der Waals surface area contributed by atoms with Crippen LogP contribution in [0.5, 0.6) is 0 Å². The molecule has 0 radical (unpaired) electrons. The topological polar surface area (TPSA) is 73.5 Å². The van der Waals surface area contributed by atoms with Crippen LogP contribution < -0.4 is 16.0 Å². The fourth-order valence-electron chi connectivity index (χ4n) is 3.36. The molecular formula is C20H30N4O2. The molecule has 1 saturated carbocycles. The zero-order chi connectivity index (χ0) is 19.1. The number of hydrogen-bond donors (Lipinski definition) is 3. The first kappa shape index (κ1) is 18.9. The summed E-state index contributed by atoms with van der Waals surface area (Å²) in [7, 11) is 3.72. The quantitative estimate of drug-likeness (QED) is 0.761. The van der Waals surface area contributed by atoms with Crippen LogP contribution in [0, 0.1) is 0 Å². The molecular weight excluding hydrogens is 328 g/mol. The smallest absolute Gasteiger partial charge is 0.238 e. The summed E-state index contributed by atoms with van der Waals surface area (Å²) in [5, 5.41) is 9.21. The highest BCUT2D eigenvalue weighted by Crippen LogP contribution is 2.46. The molecule has 2 unspecified atom stereocenters. The molecule has 3 rings (SSSR count). The van der Waals surface area contributed by atoms with Crippen LogP contribution >= 0.6 is 0 Å². The van der Waals surface area contributed by atoms with Gasteiger partial charge in [0.05, 0.1) is 18.0 Å². The summed E-state index contributed by atoms with van der Waals surface area (Å²) < 4.78 is 0. The monoisotopic (exact) mass is 358 g/mol. The van der Waals surface area contributed by atoms with Crippen molar-refractivity contribution in [2.24, 2.45) is 0 Å². The Morgan fingerprint density at radius 2 is 1.81 bits per heavy atom. The van der Waals surface area contributed by atoms with Crippen molar-refractivity contribution in [1.82, 2.24) is 20.9 Å². The molecule has 1 heterocycles. The van der Waals surface area contributed by atoms with Crippen molar-refractivity contribution in [3.05, 3.63) is 35.4 Å². The molecule has 0 spiro atoms. The third-order valence-electron chi connectivity index (χ3n) is 5.30. The average molecular weight is 358 g/mol. The van der Waals surface area contributed by atoms with Crippen molar-refractivity contribution >= 4 is 11.8 Å². The number of nitrogens with one attached hydrogen (secondary N) is 3. The van der Waals surface area contributed by atoms with Crippen LogP contribution in [0.2, 0.25) is 0 Å². The summed E-state index contributed by atoms with van der Waals surface area (Å²) in [6.45, 7) is 6.58. The van der Waals surface area contributed by atoms with Crippen molar-refractivity contribution in [1.29, 1.82) is 0 Å². The molecule has 6 nitrogen and oxygen atoms in total. The van der Waals surface area contributed by atoms with E-state index >= 15 is 0 Å². The minimum absolute atomic E-state index is 0.107. The molecule has 1 aliphatic heterocycles. The standard InChI is InChI=1S/C20H30N4O2/c1-19(2,3)13-6-8-14(9-7-13)20(10-11-20)23-17(26)15-12-16(25)22-18(21-15)24(4)5/h6-9,15,18,21H,10-12H2,1-5H3,(H,22,25)(H,23,26). The SMILES string of the molecule is CN(C)C1NC(=O)CC(C(=O)NC2(c3ccc(C(C)(C)C)cc3)CC2)N1. The highest BCUT2D eigenvalue weighted by molar-refractivity contribution is 5.90. The van der Waals surface area contributed by atoms with Gasteiger partial charge in [-0.15, -0.1) is 0 Å². The van der Waals surface area contributed by atoms with Crippen LogP contribution in [0.25, 0.3) is 0 Å². The molecule has 2 aliphatic rings. The summed E-state index contributed by atoms with van der Waals surface area (Å²) in [6.07, 6.45) is 1.70. The molecule has 2 fully saturated rings. The molecule has 1 saturated heterocycles. The van der Waals surface area contributed by atoms with E-state index in [1.807, 2.05) is 19.0 Å². The second-order valence-corrected chi connectivity index (χ2v) is 8.76. The fourth-order valence-corrected chi connectivity index (χ4v) is 3.36. The van der Waals surface area contributed by atoms with Crippen molar-refractivity contribution in [3.63, 3.8) is 0 Å².